The average Bonchev–Trinajstić information content (AvgIpc) is 2.39. The maximum Gasteiger partial charge on any atom is 0.303 e. The molecule has 7 heteroatoms. The van der Waals surface area contributed by atoms with Gasteiger partial charge in [-0.3, -0.25) is 9.59 Å². The molecule has 6 nitrogen and oxygen atoms in total. The third kappa shape index (κ3) is 6.75. The van der Waals surface area contributed by atoms with E-state index in [1.165, 1.54) is 13.8 Å². The zero-order chi connectivity index (χ0) is 15.8. The highest BCUT2D eigenvalue weighted by atomic mass is 127. The molecule has 1 rings (SSSR count). The van der Waals surface area contributed by atoms with E-state index in [0.29, 0.717) is 6.61 Å². The summed E-state index contributed by atoms with van der Waals surface area (Å²) in [5, 5.41) is 0. The van der Waals surface area contributed by atoms with Gasteiger partial charge in [-0.2, -0.15) is 0 Å². The molecule has 1 aliphatic heterocycles. The molecule has 1 aliphatic rings. The van der Waals surface area contributed by atoms with E-state index < -0.39 is 30.4 Å². The largest absolute Gasteiger partial charge is 0.463 e. The Morgan fingerprint density at radius 1 is 1.33 bits per heavy atom. The standard InChI is InChI=1S/C14H21IO6/c1-4-5-6-18-14-11(15)7-12(20-10(3)17)13(21-14)8-19-9(2)16/h7,12-14H,4-6,8H2,1-3H3. The SMILES string of the molecule is CCCCOC1OC(COC(C)=O)C(OC(C)=O)C=C1I. The summed E-state index contributed by atoms with van der Waals surface area (Å²) in [6.07, 6.45) is 2.08. The second-order valence-corrected chi connectivity index (χ2v) is 5.90. The molecule has 21 heavy (non-hydrogen) atoms. The molecule has 1 heterocycles. The number of ether oxygens (including phenoxy) is 4. The molecular formula is C14H21IO6. The summed E-state index contributed by atoms with van der Waals surface area (Å²) in [6.45, 7) is 5.32. The van der Waals surface area contributed by atoms with Crippen molar-refractivity contribution in [3.05, 3.63) is 9.66 Å². The van der Waals surface area contributed by atoms with E-state index in [2.05, 4.69) is 29.5 Å². The Bertz CT molecular complexity index is 395. The fourth-order valence-electron chi connectivity index (χ4n) is 1.73. The highest BCUT2D eigenvalue weighted by molar-refractivity contribution is 14.1. The first kappa shape index (κ1) is 18.4. The molecule has 0 aromatic rings. The molecule has 0 spiro atoms. The number of hydrogen-bond donors (Lipinski definition) is 0. The zero-order valence-electron chi connectivity index (χ0n) is 12.5. The maximum absolute atomic E-state index is 11.1. The van der Waals surface area contributed by atoms with Crippen molar-refractivity contribution in [3.8, 4) is 0 Å². The fraction of sp³-hybridized carbons (Fsp3) is 0.714. The van der Waals surface area contributed by atoms with Gasteiger partial charge in [-0.1, -0.05) is 13.3 Å². The Morgan fingerprint density at radius 3 is 2.62 bits per heavy atom. The van der Waals surface area contributed by atoms with Gasteiger partial charge < -0.3 is 18.9 Å². The first-order valence-electron chi connectivity index (χ1n) is 6.89. The normalized spacial score (nSPS) is 25.1. The number of rotatable bonds is 7. The van der Waals surface area contributed by atoms with Crippen LogP contribution in [0.3, 0.4) is 0 Å². The lowest BCUT2D eigenvalue weighted by Crippen LogP contribution is -2.43. The van der Waals surface area contributed by atoms with Crippen molar-refractivity contribution in [2.24, 2.45) is 0 Å². The number of carbonyl (C=O) groups excluding carboxylic acids is 2. The van der Waals surface area contributed by atoms with Crippen LogP contribution < -0.4 is 0 Å². The van der Waals surface area contributed by atoms with Gasteiger partial charge >= 0.3 is 11.9 Å². The van der Waals surface area contributed by atoms with E-state index >= 15 is 0 Å². The lowest BCUT2D eigenvalue weighted by atomic mass is 10.1. The number of hydrogen-bond acceptors (Lipinski definition) is 6. The van der Waals surface area contributed by atoms with E-state index in [0.717, 1.165) is 16.4 Å². The smallest absolute Gasteiger partial charge is 0.303 e. The van der Waals surface area contributed by atoms with Crippen LogP contribution in [-0.2, 0) is 28.5 Å². The van der Waals surface area contributed by atoms with Crippen LogP contribution in [0.5, 0.6) is 0 Å². The minimum atomic E-state index is -0.584. The molecule has 0 N–H and O–H groups in total. The van der Waals surface area contributed by atoms with Crippen LogP contribution in [0.1, 0.15) is 33.6 Å². The summed E-state index contributed by atoms with van der Waals surface area (Å²) in [6, 6.07) is 0. The molecule has 120 valence electrons. The van der Waals surface area contributed by atoms with Crippen LogP contribution in [0.25, 0.3) is 0 Å². The number of esters is 2. The van der Waals surface area contributed by atoms with Crippen molar-refractivity contribution in [1.29, 1.82) is 0 Å². The van der Waals surface area contributed by atoms with Gasteiger partial charge in [-0.05, 0) is 35.1 Å². The Labute approximate surface area is 138 Å². The molecule has 0 saturated carbocycles. The molecule has 0 radical (unpaired) electrons. The summed E-state index contributed by atoms with van der Waals surface area (Å²) in [5.41, 5.74) is 0. The van der Waals surface area contributed by atoms with Gasteiger partial charge in [0, 0.05) is 17.4 Å². The molecule has 0 bridgehead atoms. The monoisotopic (exact) mass is 412 g/mol. The molecule has 3 unspecified atom stereocenters. The molecule has 0 aromatic heterocycles. The quantitative estimate of drug-likeness (QED) is 0.363. The predicted octanol–water partition coefficient (Wildman–Crippen LogP) is 2.34. The number of halogens is 1. The summed E-state index contributed by atoms with van der Waals surface area (Å²) in [5.74, 6) is -0.824. The zero-order valence-corrected chi connectivity index (χ0v) is 14.6. The molecule has 0 aliphatic carbocycles. The summed E-state index contributed by atoms with van der Waals surface area (Å²) in [4.78, 5) is 22.1. The van der Waals surface area contributed by atoms with Crippen molar-refractivity contribution in [1.82, 2.24) is 0 Å². The van der Waals surface area contributed by atoms with Gasteiger partial charge in [-0.25, -0.2) is 0 Å². The minimum absolute atomic E-state index is 0.0152. The number of unbranched alkanes of at least 4 members (excludes halogenated alkanes) is 1. The molecule has 0 aromatic carbocycles. The molecular weight excluding hydrogens is 391 g/mol. The topological polar surface area (TPSA) is 71.1 Å². The Kier molecular flexibility index (Phi) is 8.20. The molecule has 0 fully saturated rings. The van der Waals surface area contributed by atoms with Gasteiger partial charge in [0.1, 0.15) is 12.7 Å². The van der Waals surface area contributed by atoms with Crippen LogP contribution >= 0.6 is 22.6 Å². The van der Waals surface area contributed by atoms with Crippen LogP contribution in [0.15, 0.2) is 9.66 Å². The van der Waals surface area contributed by atoms with Crippen molar-refractivity contribution in [2.75, 3.05) is 13.2 Å². The Hall–Kier alpha value is -0.670. The highest BCUT2D eigenvalue weighted by Crippen LogP contribution is 2.27. The van der Waals surface area contributed by atoms with Crippen molar-refractivity contribution in [2.45, 2.75) is 52.1 Å². The van der Waals surface area contributed by atoms with E-state index in [1.807, 2.05) is 0 Å². The molecule has 3 atom stereocenters. The van der Waals surface area contributed by atoms with Crippen molar-refractivity contribution < 1.29 is 28.5 Å². The van der Waals surface area contributed by atoms with Crippen LogP contribution in [0, 0.1) is 0 Å². The Morgan fingerprint density at radius 2 is 2.05 bits per heavy atom. The van der Waals surface area contributed by atoms with Crippen molar-refractivity contribution in [3.63, 3.8) is 0 Å². The molecule has 0 saturated heterocycles. The predicted molar refractivity (Wildman–Crippen MR) is 83.8 cm³/mol. The highest BCUT2D eigenvalue weighted by Gasteiger charge is 2.34. The Balaban J connectivity index is 2.70. The number of carbonyl (C=O) groups is 2. The van der Waals surface area contributed by atoms with Crippen molar-refractivity contribution >= 4 is 34.5 Å². The van der Waals surface area contributed by atoms with Crippen LogP contribution in [-0.4, -0.2) is 43.7 Å². The van der Waals surface area contributed by atoms with Gasteiger partial charge in [0.25, 0.3) is 0 Å². The van der Waals surface area contributed by atoms with Crippen LogP contribution in [0.2, 0.25) is 0 Å². The third-order valence-electron chi connectivity index (χ3n) is 2.73. The van der Waals surface area contributed by atoms with Gasteiger partial charge in [0.2, 0.25) is 0 Å². The minimum Gasteiger partial charge on any atom is -0.463 e. The summed E-state index contributed by atoms with van der Waals surface area (Å²) < 4.78 is 22.4. The van der Waals surface area contributed by atoms with Crippen LogP contribution in [0.4, 0.5) is 0 Å². The second kappa shape index (κ2) is 9.37. The first-order chi connectivity index (χ1) is 9.93. The van der Waals surface area contributed by atoms with E-state index in [-0.39, 0.29) is 6.61 Å². The van der Waals surface area contributed by atoms with Gasteiger partial charge in [-0.15, -0.1) is 0 Å². The average molecular weight is 412 g/mol. The molecule has 0 amide bonds. The maximum atomic E-state index is 11.1. The fourth-order valence-corrected chi connectivity index (χ4v) is 2.41. The lowest BCUT2D eigenvalue weighted by molar-refractivity contribution is -0.197. The van der Waals surface area contributed by atoms with E-state index in [9.17, 15) is 9.59 Å². The second-order valence-electron chi connectivity index (χ2n) is 4.66. The van der Waals surface area contributed by atoms with Gasteiger partial charge in [0.05, 0.1) is 6.61 Å². The summed E-state index contributed by atoms with van der Waals surface area (Å²) >= 11 is 2.10. The van der Waals surface area contributed by atoms with Gasteiger partial charge in [0.15, 0.2) is 12.4 Å². The van der Waals surface area contributed by atoms with E-state index in [4.69, 9.17) is 18.9 Å². The lowest BCUT2D eigenvalue weighted by Gasteiger charge is -2.33. The summed E-state index contributed by atoms with van der Waals surface area (Å²) in [7, 11) is 0. The first-order valence-corrected chi connectivity index (χ1v) is 7.96. The van der Waals surface area contributed by atoms with E-state index in [1.54, 1.807) is 6.08 Å². The third-order valence-corrected chi connectivity index (χ3v) is 3.60.